The normalized spacial score (nSPS) is 33.1. The van der Waals surface area contributed by atoms with Crippen LogP contribution in [0.2, 0.25) is 0 Å². The molecule has 3 heterocycles. The SMILES string of the molecule is CCCCCCCCOP1(=O)OC[C@H]2O[C@@H](N3C=C(F)C(=O)CC3=O)C[C@@H]2O1. The summed E-state index contributed by atoms with van der Waals surface area (Å²) in [6.45, 7) is 2.44. The lowest BCUT2D eigenvalue weighted by molar-refractivity contribution is -0.146. The van der Waals surface area contributed by atoms with Crippen LogP contribution in [0.3, 0.4) is 0 Å². The van der Waals surface area contributed by atoms with E-state index in [2.05, 4.69) is 6.92 Å². The molecule has 3 rings (SSSR count). The summed E-state index contributed by atoms with van der Waals surface area (Å²) in [6.07, 6.45) is 5.04. The number of halogens is 1. The van der Waals surface area contributed by atoms with Crippen molar-refractivity contribution in [3.8, 4) is 0 Å². The number of Topliss-reactive ketones (excluding diaryl/α,β-unsaturated/α-hetero) is 1. The molecule has 0 aromatic carbocycles. The van der Waals surface area contributed by atoms with Crippen molar-refractivity contribution in [2.45, 2.75) is 76.7 Å². The number of hydrogen-bond donors (Lipinski definition) is 0. The molecule has 0 radical (unpaired) electrons. The van der Waals surface area contributed by atoms with Crippen LogP contribution in [0, 0.1) is 0 Å². The first-order valence-electron chi connectivity index (χ1n) is 9.86. The Kier molecular flexibility index (Phi) is 7.39. The van der Waals surface area contributed by atoms with Crippen LogP contribution in [0.15, 0.2) is 12.0 Å². The molecule has 0 N–H and O–H groups in total. The van der Waals surface area contributed by atoms with Gasteiger partial charge in [0.05, 0.1) is 19.6 Å². The molecular formula is C18H27FNO7P. The molecular weight excluding hydrogens is 392 g/mol. The van der Waals surface area contributed by atoms with Crippen LogP contribution in [0.5, 0.6) is 0 Å². The number of carbonyl (C=O) groups is 2. The minimum absolute atomic E-state index is 0.00209. The molecule has 0 spiro atoms. The Balaban J connectivity index is 1.47. The predicted molar refractivity (Wildman–Crippen MR) is 96.7 cm³/mol. The number of unbranched alkanes of at least 4 members (excludes halogenated alkanes) is 5. The van der Waals surface area contributed by atoms with Crippen molar-refractivity contribution in [1.29, 1.82) is 0 Å². The summed E-state index contributed by atoms with van der Waals surface area (Å²) in [5, 5.41) is 0. The molecule has 2 saturated heterocycles. The molecule has 1 amide bonds. The van der Waals surface area contributed by atoms with Gasteiger partial charge in [0, 0.05) is 12.6 Å². The summed E-state index contributed by atoms with van der Waals surface area (Å²) in [7, 11) is -3.68. The van der Waals surface area contributed by atoms with Gasteiger partial charge in [0.1, 0.15) is 18.4 Å². The van der Waals surface area contributed by atoms with Crippen molar-refractivity contribution in [3.05, 3.63) is 12.0 Å². The summed E-state index contributed by atoms with van der Waals surface area (Å²) in [5.74, 6) is -2.37. The van der Waals surface area contributed by atoms with Crippen LogP contribution in [0.1, 0.15) is 58.3 Å². The summed E-state index contributed by atoms with van der Waals surface area (Å²) in [5.41, 5.74) is 0. The largest absolute Gasteiger partial charge is 0.475 e. The van der Waals surface area contributed by atoms with Gasteiger partial charge in [-0.15, -0.1) is 0 Å². The van der Waals surface area contributed by atoms with E-state index in [0.717, 1.165) is 30.4 Å². The van der Waals surface area contributed by atoms with E-state index in [-0.39, 0.29) is 19.6 Å². The molecule has 0 saturated carbocycles. The topological polar surface area (TPSA) is 91.4 Å². The molecule has 28 heavy (non-hydrogen) atoms. The second-order valence-corrected chi connectivity index (χ2v) is 8.85. The highest BCUT2D eigenvalue weighted by molar-refractivity contribution is 7.48. The lowest BCUT2D eigenvalue weighted by atomic mass is 10.1. The summed E-state index contributed by atoms with van der Waals surface area (Å²) in [6, 6.07) is 0. The van der Waals surface area contributed by atoms with Gasteiger partial charge in [-0.05, 0) is 6.42 Å². The maximum absolute atomic E-state index is 13.6. The number of rotatable bonds is 9. The second-order valence-electron chi connectivity index (χ2n) is 7.23. The number of ketones is 1. The van der Waals surface area contributed by atoms with Crippen LogP contribution in [0.25, 0.3) is 0 Å². The van der Waals surface area contributed by atoms with E-state index in [9.17, 15) is 18.5 Å². The molecule has 3 aliphatic rings. The average Bonchev–Trinajstić information content (AvgIpc) is 3.06. The van der Waals surface area contributed by atoms with Crippen LogP contribution >= 0.6 is 7.82 Å². The Morgan fingerprint density at radius 3 is 2.75 bits per heavy atom. The van der Waals surface area contributed by atoms with E-state index in [1.165, 1.54) is 19.3 Å². The monoisotopic (exact) mass is 419 g/mol. The molecule has 4 atom stereocenters. The van der Waals surface area contributed by atoms with Gasteiger partial charge in [-0.1, -0.05) is 39.0 Å². The zero-order chi connectivity index (χ0) is 20.1. The van der Waals surface area contributed by atoms with Gasteiger partial charge in [0.25, 0.3) is 0 Å². The fourth-order valence-electron chi connectivity index (χ4n) is 3.44. The number of carbonyl (C=O) groups excluding carboxylic acids is 2. The van der Waals surface area contributed by atoms with E-state index in [4.69, 9.17) is 18.3 Å². The smallest absolute Gasteiger partial charge is 0.349 e. The second kappa shape index (κ2) is 9.59. The van der Waals surface area contributed by atoms with Crippen LogP contribution in [0.4, 0.5) is 4.39 Å². The molecule has 8 nitrogen and oxygen atoms in total. The average molecular weight is 419 g/mol. The quantitative estimate of drug-likeness (QED) is 0.320. The van der Waals surface area contributed by atoms with Gasteiger partial charge in [0.15, 0.2) is 5.83 Å². The molecule has 10 heteroatoms. The number of allylic oxidation sites excluding steroid dienone is 1. The summed E-state index contributed by atoms with van der Waals surface area (Å²) in [4.78, 5) is 24.3. The fraction of sp³-hybridized carbons (Fsp3) is 0.778. The highest BCUT2D eigenvalue weighted by Gasteiger charge is 2.49. The van der Waals surface area contributed by atoms with E-state index in [0.29, 0.717) is 0 Å². The molecule has 2 fully saturated rings. The molecule has 0 aromatic rings. The van der Waals surface area contributed by atoms with Crippen molar-refractivity contribution < 1.29 is 36.9 Å². The number of phosphoric acid groups is 1. The Morgan fingerprint density at radius 1 is 1.21 bits per heavy atom. The highest BCUT2D eigenvalue weighted by Crippen LogP contribution is 2.56. The first-order valence-corrected chi connectivity index (χ1v) is 11.3. The van der Waals surface area contributed by atoms with E-state index >= 15 is 0 Å². The summed E-state index contributed by atoms with van der Waals surface area (Å²) >= 11 is 0. The molecule has 3 aliphatic heterocycles. The first kappa shape index (κ1) is 21.6. The third-order valence-electron chi connectivity index (χ3n) is 5.02. The lowest BCUT2D eigenvalue weighted by Crippen LogP contribution is -2.40. The lowest BCUT2D eigenvalue weighted by Gasteiger charge is -2.30. The minimum Gasteiger partial charge on any atom is -0.349 e. The van der Waals surface area contributed by atoms with Crippen molar-refractivity contribution in [3.63, 3.8) is 0 Å². The zero-order valence-corrected chi connectivity index (χ0v) is 16.9. The van der Waals surface area contributed by atoms with Crippen molar-refractivity contribution in [1.82, 2.24) is 4.90 Å². The van der Waals surface area contributed by atoms with E-state index in [1.54, 1.807) is 0 Å². The molecule has 0 aliphatic carbocycles. The van der Waals surface area contributed by atoms with Crippen LogP contribution in [-0.4, -0.2) is 48.2 Å². The Morgan fingerprint density at radius 2 is 1.96 bits per heavy atom. The number of phosphoric ester groups is 1. The van der Waals surface area contributed by atoms with Gasteiger partial charge in [0.2, 0.25) is 11.7 Å². The third-order valence-corrected chi connectivity index (χ3v) is 6.51. The van der Waals surface area contributed by atoms with Gasteiger partial charge in [-0.2, -0.15) is 0 Å². The molecule has 1 unspecified atom stereocenters. The van der Waals surface area contributed by atoms with Gasteiger partial charge < -0.3 is 4.74 Å². The van der Waals surface area contributed by atoms with Crippen molar-refractivity contribution in [2.24, 2.45) is 0 Å². The number of fused-ring (bicyclic) bond motifs is 1. The van der Waals surface area contributed by atoms with Crippen molar-refractivity contribution >= 4 is 19.5 Å². The first-order chi connectivity index (χ1) is 13.4. The number of ether oxygens (including phenoxy) is 1. The molecule has 0 bridgehead atoms. The van der Waals surface area contributed by atoms with E-state index < -0.39 is 50.2 Å². The van der Waals surface area contributed by atoms with Crippen LogP contribution in [-0.2, 0) is 32.5 Å². The maximum atomic E-state index is 13.6. The van der Waals surface area contributed by atoms with Crippen molar-refractivity contribution in [2.75, 3.05) is 13.2 Å². The highest BCUT2D eigenvalue weighted by atomic mass is 31.2. The fourth-order valence-corrected chi connectivity index (χ4v) is 4.87. The Bertz CT molecular complexity index is 670. The van der Waals surface area contributed by atoms with Gasteiger partial charge in [-0.25, -0.2) is 8.96 Å². The number of amides is 1. The Hall–Kier alpha value is -1.12. The summed E-state index contributed by atoms with van der Waals surface area (Å²) < 4.78 is 48.0. The third kappa shape index (κ3) is 5.27. The van der Waals surface area contributed by atoms with E-state index in [1.807, 2.05) is 0 Å². The van der Waals surface area contributed by atoms with Crippen LogP contribution < -0.4 is 0 Å². The predicted octanol–water partition coefficient (Wildman–Crippen LogP) is 3.61. The van der Waals surface area contributed by atoms with Gasteiger partial charge >= 0.3 is 7.82 Å². The number of hydrogen-bond acceptors (Lipinski definition) is 7. The maximum Gasteiger partial charge on any atom is 0.475 e. The Labute approximate surface area is 163 Å². The minimum atomic E-state index is -3.68. The molecule has 158 valence electrons. The van der Waals surface area contributed by atoms with Gasteiger partial charge in [-0.3, -0.25) is 28.1 Å². The standard InChI is InChI=1S/C18H27FNO7P/c1-2-3-4-5-6-7-8-24-28(23)25-12-16-15(27-28)10-18(26-16)20-11-13(19)14(21)9-17(20)22/h11,15-16,18H,2-10,12H2,1H3/t15-,16+,18+,28?/m0/s1. The molecule has 0 aromatic heterocycles. The zero-order valence-electron chi connectivity index (χ0n) is 16.0. The number of nitrogens with zero attached hydrogens (tertiary/aromatic N) is 1.